The Morgan fingerprint density at radius 1 is 1.07 bits per heavy atom. The average molecular weight is 379 g/mol. The van der Waals surface area contributed by atoms with Gasteiger partial charge in [0.2, 0.25) is 5.91 Å². The molecule has 3 rings (SSSR count). The highest BCUT2D eigenvalue weighted by Gasteiger charge is 2.15. The lowest BCUT2D eigenvalue weighted by atomic mass is 10.2. The van der Waals surface area contributed by atoms with E-state index in [-0.39, 0.29) is 5.91 Å². The summed E-state index contributed by atoms with van der Waals surface area (Å²) in [5, 5.41) is 3.01. The van der Waals surface area contributed by atoms with E-state index >= 15 is 0 Å². The van der Waals surface area contributed by atoms with Crippen molar-refractivity contribution in [1.82, 2.24) is 14.5 Å². The molecule has 28 heavy (non-hydrogen) atoms. The summed E-state index contributed by atoms with van der Waals surface area (Å²) in [6.45, 7) is 6.98. The number of aromatic nitrogens is 3. The summed E-state index contributed by atoms with van der Waals surface area (Å²) in [5.74, 6) is 1.10. The number of nitrogens with zero attached hydrogens (tertiary/aromatic N) is 3. The van der Waals surface area contributed by atoms with E-state index in [0.29, 0.717) is 6.42 Å². The molecule has 0 fully saturated rings. The second kappa shape index (κ2) is 9.49. The fourth-order valence-corrected chi connectivity index (χ4v) is 3.32. The van der Waals surface area contributed by atoms with E-state index in [1.807, 2.05) is 19.1 Å². The summed E-state index contributed by atoms with van der Waals surface area (Å²) in [7, 11) is 0. The van der Waals surface area contributed by atoms with Crippen molar-refractivity contribution in [2.75, 3.05) is 5.32 Å². The fraction of sp³-hybridized carbons (Fsp3) is 0.435. The zero-order valence-corrected chi connectivity index (χ0v) is 17.2. The SMILES string of the molecule is CCCCC(=O)Nc1cc2nc(CCCC)n(Cc3ccccc3)c2nc1C. The highest BCUT2D eigenvalue weighted by Crippen LogP contribution is 2.24. The summed E-state index contributed by atoms with van der Waals surface area (Å²) in [6.07, 6.45) is 5.59. The zero-order valence-electron chi connectivity index (χ0n) is 17.2. The normalized spacial score (nSPS) is 11.1. The summed E-state index contributed by atoms with van der Waals surface area (Å²) in [5.41, 5.74) is 4.56. The molecule has 0 aliphatic carbocycles. The molecule has 0 aliphatic heterocycles. The lowest BCUT2D eigenvalue weighted by Gasteiger charge is -2.11. The number of nitrogens with one attached hydrogen (secondary N) is 1. The highest BCUT2D eigenvalue weighted by atomic mass is 16.1. The maximum Gasteiger partial charge on any atom is 0.224 e. The Hall–Kier alpha value is -2.69. The summed E-state index contributed by atoms with van der Waals surface area (Å²) in [6, 6.07) is 12.4. The van der Waals surface area contributed by atoms with Crippen LogP contribution in [0, 0.1) is 6.92 Å². The lowest BCUT2D eigenvalue weighted by Crippen LogP contribution is -2.13. The minimum absolute atomic E-state index is 0.0426. The molecule has 0 unspecified atom stereocenters. The van der Waals surface area contributed by atoms with Crippen LogP contribution in [0.4, 0.5) is 5.69 Å². The molecule has 0 radical (unpaired) electrons. The van der Waals surface area contributed by atoms with Crippen molar-refractivity contribution in [3.8, 4) is 0 Å². The number of imidazole rings is 1. The maximum atomic E-state index is 12.1. The van der Waals surface area contributed by atoms with Gasteiger partial charge in [-0.2, -0.15) is 0 Å². The molecule has 0 saturated carbocycles. The van der Waals surface area contributed by atoms with E-state index in [1.54, 1.807) is 0 Å². The number of carbonyl (C=O) groups is 1. The molecule has 5 heteroatoms. The van der Waals surface area contributed by atoms with Crippen LogP contribution < -0.4 is 5.32 Å². The Kier molecular flexibility index (Phi) is 6.80. The minimum Gasteiger partial charge on any atom is -0.324 e. The monoisotopic (exact) mass is 378 g/mol. The Morgan fingerprint density at radius 3 is 2.54 bits per heavy atom. The third-order valence-corrected chi connectivity index (χ3v) is 4.96. The quantitative estimate of drug-likeness (QED) is 0.552. The maximum absolute atomic E-state index is 12.1. The molecule has 2 heterocycles. The van der Waals surface area contributed by atoms with E-state index in [9.17, 15) is 4.79 Å². The van der Waals surface area contributed by atoms with E-state index in [1.165, 1.54) is 5.56 Å². The van der Waals surface area contributed by atoms with Crippen molar-refractivity contribution < 1.29 is 4.79 Å². The van der Waals surface area contributed by atoms with Crippen LogP contribution in [0.5, 0.6) is 0 Å². The smallest absolute Gasteiger partial charge is 0.224 e. The molecule has 2 aromatic heterocycles. The molecule has 0 spiro atoms. The predicted molar refractivity (Wildman–Crippen MR) is 115 cm³/mol. The van der Waals surface area contributed by atoms with Crippen LogP contribution in [0.1, 0.15) is 63.0 Å². The van der Waals surface area contributed by atoms with Crippen molar-refractivity contribution >= 4 is 22.8 Å². The van der Waals surface area contributed by atoms with Crippen molar-refractivity contribution in [2.45, 2.75) is 65.8 Å². The number of hydrogen-bond acceptors (Lipinski definition) is 3. The summed E-state index contributed by atoms with van der Waals surface area (Å²) < 4.78 is 2.22. The lowest BCUT2D eigenvalue weighted by molar-refractivity contribution is -0.116. The van der Waals surface area contributed by atoms with Gasteiger partial charge in [-0.25, -0.2) is 9.97 Å². The third kappa shape index (κ3) is 4.77. The second-order valence-corrected chi connectivity index (χ2v) is 7.32. The molecule has 1 amide bonds. The van der Waals surface area contributed by atoms with Crippen LogP contribution in [-0.2, 0) is 17.8 Å². The highest BCUT2D eigenvalue weighted by molar-refractivity contribution is 5.93. The van der Waals surface area contributed by atoms with Crippen LogP contribution in [0.25, 0.3) is 11.2 Å². The Bertz CT molecular complexity index is 931. The topological polar surface area (TPSA) is 59.8 Å². The number of benzene rings is 1. The first-order chi connectivity index (χ1) is 13.6. The molecule has 0 bridgehead atoms. The second-order valence-electron chi connectivity index (χ2n) is 7.32. The molecule has 0 saturated heterocycles. The van der Waals surface area contributed by atoms with Gasteiger partial charge >= 0.3 is 0 Å². The van der Waals surface area contributed by atoms with Gasteiger partial charge in [-0.1, -0.05) is 57.0 Å². The average Bonchev–Trinajstić information content (AvgIpc) is 3.02. The van der Waals surface area contributed by atoms with Crippen LogP contribution in [0.3, 0.4) is 0 Å². The molecule has 1 N–H and O–H groups in total. The first-order valence-electron chi connectivity index (χ1n) is 10.3. The van der Waals surface area contributed by atoms with Crippen molar-refractivity contribution in [2.24, 2.45) is 0 Å². The Morgan fingerprint density at radius 2 is 1.82 bits per heavy atom. The van der Waals surface area contributed by atoms with Crippen molar-refractivity contribution in [1.29, 1.82) is 0 Å². The molecule has 5 nitrogen and oxygen atoms in total. The minimum atomic E-state index is 0.0426. The van der Waals surface area contributed by atoms with Crippen molar-refractivity contribution in [3.05, 3.63) is 53.5 Å². The molecule has 0 atom stereocenters. The van der Waals surface area contributed by atoms with Crippen molar-refractivity contribution in [3.63, 3.8) is 0 Å². The Balaban J connectivity index is 1.96. The van der Waals surface area contributed by atoms with E-state index in [2.05, 4.69) is 48.0 Å². The largest absolute Gasteiger partial charge is 0.324 e. The standard InChI is InChI=1S/C23H30N4O/c1-4-6-13-21-25-20-15-19(26-22(28)14-7-5-2)17(3)24-23(20)27(21)16-18-11-9-8-10-12-18/h8-12,15H,4-7,13-14,16H2,1-3H3,(H,26,28). The van der Waals surface area contributed by atoms with Gasteiger partial charge in [0.25, 0.3) is 0 Å². The molecule has 1 aromatic carbocycles. The number of fused-ring (bicyclic) bond motifs is 1. The summed E-state index contributed by atoms with van der Waals surface area (Å²) >= 11 is 0. The third-order valence-electron chi connectivity index (χ3n) is 4.96. The van der Waals surface area contributed by atoms with Gasteiger partial charge in [-0.05, 0) is 31.4 Å². The fourth-order valence-electron chi connectivity index (χ4n) is 3.32. The number of pyridine rings is 1. The van der Waals surface area contributed by atoms with Gasteiger partial charge in [0.1, 0.15) is 11.3 Å². The first kappa shape index (κ1) is 20.1. The van der Waals surface area contributed by atoms with E-state index in [0.717, 1.165) is 67.0 Å². The number of rotatable bonds is 9. The first-order valence-corrected chi connectivity index (χ1v) is 10.3. The number of aryl methyl sites for hydroxylation is 2. The number of carbonyl (C=O) groups excluding carboxylic acids is 1. The van der Waals surface area contributed by atoms with E-state index in [4.69, 9.17) is 9.97 Å². The molecular weight excluding hydrogens is 348 g/mol. The molecule has 3 aromatic rings. The Labute approximate surface area is 167 Å². The van der Waals surface area contributed by atoms with Gasteiger partial charge in [0.15, 0.2) is 5.65 Å². The van der Waals surface area contributed by atoms with Crippen LogP contribution in [-0.4, -0.2) is 20.4 Å². The number of unbranched alkanes of at least 4 members (excludes halogenated alkanes) is 2. The van der Waals surface area contributed by atoms with Crippen LogP contribution in [0.2, 0.25) is 0 Å². The number of amides is 1. The number of anilines is 1. The van der Waals surface area contributed by atoms with Gasteiger partial charge in [0.05, 0.1) is 17.9 Å². The predicted octanol–water partition coefficient (Wildman–Crippen LogP) is 5.26. The number of hydrogen-bond donors (Lipinski definition) is 1. The molecule has 0 aliphatic rings. The molecular formula is C23H30N4O. The van der Waals surface area contributed by atoms with Crippen LogP contribution >= 0.6 is 0 Å². The van der Waals surface area contributed by atoms with Crippen LogP contribution in [0.15, 0.2) is 36.4 Å². The summed E-state index contributed by atoms with van der Waals surface area (Å²) in [4.78, 5) is 21.8. The van der Waals surface area contributed by atoms with E-state index < -0.39 is 0 Å². The van der Waals surface area contributed by atoms with Gasteiger partial charge < -0.3 is 9.88 Å². The van der Waals surface area contributed by atoms with Gasteiger partial charge in [0, 0.05) is 12.8 Å². The molecule has 148 valence electrons. The zero-order chi connectivity index (χ0) is 19.9. The van der Waals surface area contributed by atoms with Gasteiger partial charge in [-0.3, -0.25) is 4.79 Å². The van der Waals surface area contributed by atoms with Gasteiger partial charge in [-0.15, -0.1) is 0 Å².